The van der Waals surface area contributed by atoms with Gasteiger partial charge >= 0.3 is 5.97 Å². The molecule has 0 aliphatic rings. The highest BCUT2D eigenvalue weighted by Gasteiger charge is 2.27. The van der Waals surface area contributed by atoms with Gasteiger partial charge in [0.2, 0.25) is 5.78 Å². The van der Waals surface area contributed by atoms with Crippen LogP contribution in [0.5, 0.6) is 0 Å². The molecule has 0 saturated heterocycles. The van der Waals surface area contributed by atoms with Gasteiger partial charge in [0.05, 0.1) is 22.4 Å². The molecule has 0 unspecified atom stereocenters. The smallest absolute Gasteiger partial charge is 0.341 e. The summed E-state index contributed by atoms with van der Waals surface area (Å²) in [7, 11) is -2.18. The molecule has 0 saturated carbocycles. The molecule has 9 heteroatoms. The summed E-state index contributed by atoms with van der Waals surface area (Å²) in [5.41, 5.74) is 1.13. The van der Waals surface area contributed by atoms with Crippen molar-refractivity contribution in [3.63, 3.8) is 0 Å². The molecule has 160 valence electrons. The average Bonchev–Trinajstić information content (AvgIpc) is 3.08. The van der Waals surface area contributed by atoms with Crippen molar-refractivity contribution < 1.29 is 27.5 Å². The number of ketones is 1. The van der Waals surface area contributed by atoms with Gasteiger partial charge in [-0.2, -0.15) is 0 Å². The minimum absolute atomic E-state index is 0.0954. The van der Waals surface area contributed by atoms with Crippen molar-refractivity contribution in [3.8, 4) is 0 Å². The maximum absolute atomic E-state index is 13.1. The van der Waals surface area contributed by atoms with Crippen molar-refractivity contribution in [1.29, 1.82) is 0 Å². The highest BCUT2D eigenvalue weighted by molar-refractivity contribution is 7.90. The van der Waals surface area contributed by atoms with Gasteiger partial charge in [0, 0.05) is 17.4 Å². The number of sulfone groups is 1. The van der Waals surface area contributed by atoms with Crippen molar-refractivity contribution in [1.82, 2.24) is 0 Å². The molecule has 1 heterocycles. The third-order valence-corrected chi connectivity index (χ3v) is 6.88. The Labute approximate surface area is 183 Å². The third-order valence-electron chi connectivity index (χ3n) is 4.55. The van der Waals surface area contributed by atoms with Crippen molar-refractivity contribution in [2.75, 3.05) is 18.7 Å². The Kier molecular flexibility index (Phi) is 6.37. The number of methoxy groups -OCH3 is 1. The summed E-state index contributed by atoms with van der Waals surface area (Å²) in [6.45, 7) is 1.60. The number of amides is 1. The lowest BCUT2D eigenvalue weighted by molar-refractivity contribution is 0.0601. The highest BCUT2D eigenvalue weighted by Crippen LogP contribution is 2.35. The van der Waals surface area contributed by atoms with Gasteiger partial charge in [0.25, 0.3) is 5.91 Å². The summed E-state index contributed by atoms with van der Waals surface area (Å²) in [4.78, 5) is 38.3. The molecule has 3 rings (SSSR count). The van der Waals surface area contributed by atoms with Gasteiger partial charge in [0.15, 0.2) is 9.84 Å². The van der Waals surface area contributed by atoms with Gasteiger partial charge < -0.3 is 10.1 Å². The van der Waals surface area contributed by atoms with Crippen LogP contribution in [0.15, 0.2) is 59.5 Å². The summed E-state index contributed by atoms with van der Waals surface area (Å²) in [6, 6.07) is 14.0. The summed E-state index contributed by atoms with van der Waals surface area (Å²) < 4.78 is 28.1. The summed E-state index contributed by atoms with van der Waals surface area (Å²) in [5, 5.41) is 2.89. The van der Waals surface area contributed by atoms with Gasteiger partial charge in [-0.25, -0.2) is 13.2 Å². The van der Waals surface area contributed by atoms with E-state index >= 15 is 0 Å². The molecular weight excluding hydrogens is 438 g/mol. The Balaban J connectivity index is 2.00. The Morgan fingerprint density at radius 1 is 0.935 bits per heavy atom. The Hall–Kier alpha value is -3.30. The normalized spacial score (nSPS) is 11.1. The van der Waals surface area contributed by atoms with E-state index in [1.165, 1.54) is 31.4 Å². The SMILES string of the molecule is COC(=O)c1c(NC(=O)c2ccccc2)sc(C(=O)c2ccc(S(C)(=O)=O)cc2)c1C. The minimum atomic E-state index is -3.39. The largest absolute Gasteiger partial charge is 0.465 e. The van der Waals surface area contributed by atoms with Crippen LogP contribution in [0.1, 0.15) is 41.5 Å². The summed E-state index contributed by atoms with van der Waals surface area (Å²) in [6.07, 6.45) is 1.08. The first-order chi connectivity index (χ1) is 14.6. The lowest BCUT2D eigenvalue weighted by Crippen LogP contribution is -2.14. The molecule has 7 nitrogen and oxygen atoms in total. The van der Waals surface area contributed by atoms with Gasteiger partial charge in [-0.3, -0.25) is 9.59 Å². The molecule has 1 N–H and O–H groups in total. The van der Waals surface area contributed by atoms with Crippen LogP contribution in [0.25, 0.3) is 0 Å². The van der Waals surface area contributed by atoms with E-state index in [-0.39, 0.29) is 25.9 Å². The van der Waals surface area contributed by atoms with Crippen LogP contribution in [-0.2, 0) is 14.6 Å². The van der Waals surface area contributed by atoms with E-state index in [1.54, 1.807) is 37.3 Å². The number of carbonyl (C=O) groups excluding carboxylic acids is 3. The van der Waals surface area contributed by atoms with E-state index in [4.69, 9.17) is 4.74 Å². The number of hydrogen-bond acceptors (Lipinski definition) is 7. The number of esters is 1. The van der Waals surface area contributed by atoms with Crippen LogP contribution in [-0.4, -0.2) is 39.4 Å². The first-order valence-electron chi connectivity index (χ1n) is 9.06. The highest BCUT2D eigenvalue weighted by atomic mass is 32.2. The fourth-order valence-corrected chi connectivity index (χ4v) is 4.70. The van der Waals surface area contributed by atoms with E-state index in [9.17, 15) is 22.8 Å². The topological polar surface area (TPSA) is 107 Å². The predicted octanol–water partition coefficient (Wildman–Crippen LogP) is 3.73. The van der Waals surface area contributed by atoms with Crippen molar-refractivity contribution in [2.24, 2.45) is 0 Å². The molecule has 0 aliphatic heterocycles. The Bertz CT molecular complexity index is 1260. The molecular formula is C22H19NO6S2. The van der Waals surface area contributed by atoms with E-state index in [2.05, 4.69) is 5.32 Å². The third kappa shape index (κ3) is 4.73. The fraction of sp³-hybridized carbons (Fsp3) is 0.136. The lowest BCUT2D eigenvalue weighted by Gasteiger charge is -2.06. The zero-order valence-electron chi connectivity index (χ0n) is 17.0. The van der Waals surface area contributed by atoms with Gasteiger partial charge in [-0.15, -0.1) is 11.3 Å². The number of rotatable bonds is 6. The van der Waals surface area contributed by atoms with Crippen molar-refractivity contribution >= 4 is 43.8 Å². The van der Waals surface area contributed by atoms with Crippen molar-refractivity contribution in [3.05, 3.63) is 81.7 Å². The second-order valence-electron chi connectivity index (χ2n) is 6.70. The zero-order valence-corrected chi connectivity index (χ0v) is 18.6. The fourth-order valence-electron chi connectivity index (χ4n) is 2.92. The van der Waals surface area contributed by atoms with Crippen molar-refractivity contribution in [2.45, 2.75) is 11.8 Å². The second-order valence-corrected chi connectivity index (χ2v) is 9.73. The van der Waals surface area contributed by atoms with Crippen LogP contribution in [0.3, 0.4) is 0 Å². The molecule has 0 aliphatic carbocycles. The Morgan fingerprint density at radius 2 is 1.55 bits per heavy atom. The molecule has 0 spiro atoms. The van der Waals surface area contributed by atoms with Gasteiger partial charge in [-0.05, 0) is 48.9 Å². The molecule has 3 aromatic rings. The van der Waals surface area contributed by atoms with Crippen LogP contribution >= 0.6 is 11.3 Å². The average molecular weight is 458 g/mol. The number of anilines is 1. The van der Waals surface area contributed by atoms with E-state index < -0.39 is 27.5 Å². The molecule has 0 fully saturated rings. The predicted molar refractivity (Wildman–Crippen MR) is 118 cm³/mol. The van der Waals surface area contributed by atoms with Gasteiger partial charge in [0.1, 0.15) is 5.00 Å². The van der Waals surface area contributed by atoms with Gasteiger partial charge in [-0.1, -0.05) is 18.2 Å². The number of benzene rings is 2. The maximum Gasteiger partial charge on any atom is 0.341 e. The van der Waals surface area contributed by atoms with Crippen LogP contribution in [0.2, 0.25) is 0 Å². The Morgan fingerprint density at radius 3 is 2.10 bits per heavy atom. The summed E-state index contributed by atoms with van der Waals surface area (Å²) >= 11 is 0.965. The van der Waals surface area contributed by atoms with Crippen LogP contribution in [0.4, 0.5) is 5.00 Å². The molecule has 0 atom stereocenters. The molecule has 0 bridgehead atoms. The number of hydrogen-bond donors (Lipinski definition) is 1. The molecule has 0 radical (unpaired) electrons. The lowest BCUT2D eigenvalue weighted by atomic mass is 10.0. The number of nitrogens with one attached hydrogen (secondary N) is 1. The minimum Gasteiger partial charge on any atom is -0.465 e. The number of carbonyl (C=O) groups is 3. The number of ether oxygens (including phenoxy) is 1. The molecule has 1 aromatic heterocycles. The monoisotopic (exact) mass is 457 g/mol. The quantitative estimate of drug-likeness (QED) is 0.447. The zero-order chi connectivity index (χ0) is 22.8. The first-order valence-corrected chi connectivity index (χ1v) is 11.8. The summed E-state index contributed by atoms with van der Waals surface area (Å²) in [5.74, 6) is -1.50. The molecule has 31 heavy (non-hydrogen) atoms. The van der Waals surface area contributed by atoms with E-state index in [0.29, 0.717) is 11.1 Å². The number of thiophene rings is 1. The molecule has 1 amide bonds. The van der Waals surface area contributed by atoms with Crippen LogP contribution in [0, 0.1) is 6.92 Å². The molecule has 2 aromatic carbocycles. The maximum atomic E-state index is 13.1. The van der Waals surface area contributed by atoms with Crippen LogP contribution < -0.4 is 5.32 Å². The standard InChI is InChI=1S/C22H19NO6S2/c1-13-17(22(26)29-2)21(23-20(25)15-7-5-4-6-8-15)30-19(13)18(24)14-9-11-16(12-10-14)31(3,27)28/h4-12H,1-3H3,(H,23,25). The second kappa shape index (κ2) is 8.83. The van der Waals surface area contributed by atoms with E-state index in [0.717, 1.165) is 17.6 Å². The first kappa shape index (κ1) is 22.4. The van der Waals surface area contributed by atoms with E-state index in [1.807, 2.05) is 0 Å².